The summed E-state index contributed by atoms with van der Waals surface area (Å²) in [4.78, 5) is 0. The van der Waals surface area contributed by atoms with Crippen molar-refractivity contribution in [3.05, 3.63) is 0 Å². The van der Waals surface area contributed by atoms with Gasteiger partial charge in [0, 0.05) is 36.4 Å². The van der Waals surface area contributed by atoms with Crippen molar-refractivity contribution in [3.63, 3.8) is 0 Å². The minimum atomic E-state index is -0.0645. The first-order valence-corrected chi connectivity index (χ1v) is 10.5. The Hall–Kier alpha value is 2.06. The second-order valence-corrected chi connectivity index (χ2v) is 11.7. The Morgan fingerprint density at radius 1 is 0.833 bits per heavy atom. The van der Waals surface area contributed by atoms with Gasteiger partial charge < -0.3 is 5.11 Å². The SMILES string of the molecule is CC(S)SCC(CO)(CSC(C)S)CSC(C)S. The highest BCUT2D eigenvalue weighted by molar-refractivity contribution is 8.11. The van der Waals surface area contributed by atoms with E-state index in [1.165, 1.54) is 0 Å². The summed E-state index contributed by atoms with van der Waals surface area (Å²) in [5.41, 5.74) is -0.0645. The molecular formula is C11H24OS6. The van der Waals surface area contributed by atoms with E-state index in [0.29, 0.717) is 13.7 Å². The molecule has 3 unspecified atom stereocenters. The Kier molecular flexibility index (Phi) is 12.0. The van der Waals surface area contributed by atoms with Crippen LogP contribution in [0, 0.1) is 5.41 Å². The second-order valence-electron chi connectivity index (χ2n) is 4.39. The number of hydrogen-bond donors (Lipinski definition) is 4. The lowest BCUT2D eigenvalue weighted by molar-refractivity contribution is 0.188. The third kappa shape index (κ3) is 9.88. The zero-order valence-electron chi connectivity index (χ0n) is 11.1. The van der Waals surface area contributed by atoms with Gasteiger partial charge in [-0.1, -0.05) is 0 Å². The number of thiol groups is 3. The van der Waals surface area contributed by atoms with Crippen LogP contribution in [0.25, 0.3) is 0 Å². The summed E-state index contributed by atoms with van der Waals surface area (Å²) < 4.78 is 0.897. The highest BCUT2D eigenvalue weighted by atomic mass is 32.2. The molecule has 0 aliphatic rings. The van der Waals surface area contributed by atoms with Crippen molar-refractivity contribution in [3.8, 4) is 0 Å². The maximum atomic E-state index is 9.80. The van der Waals surface area contributed by atoms with Crippen molar-refractivity contribution >= 4 is 73.2 Å². The Bertz CT molecular complexity index is 178. The Morgan fingerprint density at radius 2 is 1.11 bits per heavy atom. The molecule has 0 radical (unpaired) electrons. The fraction of sp³-hybridized carbons (Fsp3) is 1.00. The molecule has 0 saturated carbocycles. The van der Waals surface area contributed by atoms with Crippen molar-refractivity contribution in [1.82, 2.24) is 0 Å². The molecule has 0 spiro atoms. The van der Waals surface area contributed by atoms with Crippen molar-refractivity contribution in [2.45, 2.75) is 34.5 Å². The molecule has 0 aromatic rings. The monoisotopic (exact) mass is 364 g/mol. The Labute approximate surface area is 141 Å². The van der Waals surface area contributed by atoms with Gasteiger partial charge in [0.25, 0.3) is 0 Å². The van der Waals surface area contributed by atoms with Crippen LogP contribution < -0.4 is 0 Å². The maximum absolute atomic E-state index is 9.80. The van der Waals surface area contributed by atoms with E-state index in [1.54, 1.807) is 35.3 Å². The van der Waals surface area contributed by atoms with Crippen LogP contribution in [0.4, 0.5) is 0 Å². The fourth-order valence-electron chi connectivity index (χ4n) is 1.15. The van der Waals surface area contributed by atoms with Crippen LogP contribution in [0.1, 0.15) is 20.8 Å². The summed E-state index contributed by atoms with van der Waals surface area (Å²) in [5.74, 6) is 2.78. The van der Waals surface area contributed by atoms with Crippen molar-refractivity contribution in [2.75, 3.05) is 23.9 Å². The molecule has 0 heterocycles. The molecular weight excluding hydrogens is 341 g/mol. The van der Waals surface area contributed by atoms with E-state index in [1.807, 2.05) is 0 Å². The first-order chi connectivity index (χ1) is 8.31. The van der Waals surface area contributed by atoms with Gasteiger partial charge in [0.15, 0.2) is 0 Å². The van der Waals surface area contributed by atoms with E-state index in [0.717, 1.165) is 17.3 Å². The first-order valence-electron chi connectivity index (χ1n) is 5.81. The molecule has 0 saturated heterocycles. The zero-order chi connectivity index (χ0) is 14.2. The molecule has 18 heavy (non-hydrogen) atoms. The molecule has 0 aliphatic heterocycles. The largest absolute Gasteiger partial charge is 0.396 e. The van der Waals surface area contributed by atoms with E-state index in [-0.39, 0.29) is 12.0 Å². The summed E-state index contributed by atoms with van der Waals surface area (Å²) in [6, 6.07) is 0. The predicted molar refractivity (Wildman–Crippen MR) is 102 cm³/mol. The molecule has 0 bridgehead atoms. The standard InChI is InChI=1S/C11H24OS6/c1-8(13)16-5-11(4-12,6-17-9(2)14)7-18-10(3)15/h8-10,12-15H,4-7H2,1-3H3. The number of thioether (sulfide) groups is 3. The van der Waals surface area contributed by atoms with Gasteiger partial charge in [-0.05, 0) is 20.8 Å². The lowest BCUT2D eigenvalue weighted by Gasteiger charge is -2.32. The normalized spacial score (nSPS) is 20.2. The van der Waals surface area contributed by atoms with Crippen LogP contribution in [-0.4, -0.2) is 42.7 Å². The van der Waals surface area contributed by atoms with Crippen LogP contribution in [0.3, 0.4) is 0 Å². The van der Waals surface area contributed by atoms with E-state index >= 15 is 0 Å². The summed E-state index contributed by atoms with van der Waals surface area (Å²) in [6.07, 6.45) is 0. The Morgan fingerprint density at radius 3 is 1.28 bits per heavy atom. The van der Waals surface area contributed by atoms with Gasteiger partial charge >= 0.3 is 0 Å². The molecule has 0 aromatic heterocycles. The smallest absolute Gasteiger partial charge is 0.0511 e. The first kappa shape index (κ1) is 20.1. The van der Waals surface area contributed by atoms with Gasteiger partial charge in [0.2, 0.25) is 0 Å². The van der Waals surface area contributed by atoms with Crippen molar-refractivity contribution < 1.29 is 5.11 Å². The number of aliphatic hydroxyl groups excluding tert-OH is 1. The minimum absolute atomic E-state index is 0.0645. The molecule has 110 valence electrons. The van der Waals surface area contributed by atoms with E-state index in [2.05, 4.69) is 58.7 Å². The molecule has 0 aliphatic carbocycles. The molecule has 7 heteroatoms. The lowest BCUT2D eigenvalue weighted by Crippen LogP contribution is -2.35. The topological polar surface area (TPSA) is 20.2 Å². The third-order valence-corrected chi connectivity index (χ3v) is 7.35. The Balaban J connectivity index is 4.49. The summed E-state index contributed by atoms with van der Waals surface area (Å²) in [6.45, 7) is 6.41. The lowest BCUT2D eigenvalue weighted by atomic mass is 9.97. The quantitative estimate of drug-likeness (QED) is 0.347. The van der Waals surface area contributed by atoms with Crippen LogP contribution in [0.5, 0.6) is 0 Å². The van der Waals surface area contributed by atoms with Crippen LogP contribution in [0.15, 0.2) is 0 Å². The molecule has 0 aromatic carbocycles. The predicted octanol–water partition coefficient (Wildman–Crippen LogP) is 3.99. The van der Waals surface area contributed by atoms with Crippen LogP contribution in [0.2, 0.25) is 0 Å². The van der Waals surface area contributed by atoms with E-state index in [4.69, 9.17) is 0 Å². The molecule has 1 nitrogen and oxygen atoms in total. The van der Waals surface area contributed by atoms with Gasteiger partial charge in [-0.15, -0.1) is 35.3 Å². The van der Waals surface area contributed by atoms with Gasteiger partial charge in [-0.25, -0.2) is 0 Å². The third-order valence-electron chi connectivity index (χ3n) is 2.23. The summed E-state index contributed by atoms with van der Waals surface area (Å²) in [5, 5.41) is 9.80. The highest BCUT2D eigenvalue weighted by Gasteiger charge is 2.31. The number of rotatable bonds is 10. The maximum Gasteiger partial charge on any atom is 0.0511 e. The van der Waals surface area contributed by atoms with Crippen molar-refractivity contribution in [1.29, 1.82) is 0 Å². The number of hydrogen-bond acceptors (Lipinski definition) is 7. The summed E-state index contributed by atoms with van der Waals surface area (Å²) in [7, 11) is 0. The van der Waals surface area contributed by atoms with Gasteiger partial charge in [-0.3, -0.25) is 0 Å². The number of aliphatic hydroxyl groups is 1. The van der Waals surface area contributed by atoms with E-state index < -0.39 is 0 Å². The van der Waals surface area contributed by atoms with Crippen molar-refractivity contribution in [2.24, 2.45) is 5.41 Å². The zero-order valence-corrected chi connectivity index (χ0v) is 16.2. The average Bonchev–Trinajstić information content (AvgIpc) is 2.28. The molecule has 1 N–H and O–H groups in total. The fourth-order valence-corrected chi connectivity index (χ4v) is 4.88. The second kappa shape index (κ2) is 10.7. The van der Waals surface area contributed by atoms with E-state index in [9.17, 15) is 5.11 Å². The molecule has 0 rings (SSSR count). The van der Waals surface area contributed by atoms with Gasteiger partial charge in [0.1, 0.15) is 0 Å². The summed E-state index contributed by atoms with van der Waals surface area (Å²) >= 11 is 18.6. The minimum Gasteiger partial charge on any atom is -0.396 e. The van der Waals surface area contributed by atoms with Gasteiger partial charge in [-0.2, -0.15) is 37.9 Å². The molecule has 0 amide bonds. The van der Waals surface area contributed by atoms with Gasteiger partial charge in [0.05, 0.1) is 6.61 Å². The molecule has 3 atom stereocenters. The van der Waals surface area contributed by atoms with Crippen LogP contribution in [-0.2, 0) is 0 Å². The average molecular weight is 365 g/mol. The highest BCUT2D eigenvalue weighted by Crippen LogP contribution is 2.36. The molecule has 0 fully saturated rings. The van der Waals surface area contributed by atoms with Crippen LogP contribution >= 0.6 is 73.2 Å².